The van der Waals surface area contributed by atoms with Gasteiger partial charge >= 0.3 is 0 Å². The van der Waals surface area contributed by atoms with E-state index in [9.17, 15) is 0 Å². The SMILES string of the molecule is CCO.Nc1cccc(N)c1. The minimum atomic E-state index is 0.250. The van der Waals surface area contributed by atoms with Crippen LogP contribution in [0.1, 0.15) is 6.92 Å². The number of benzene rings is 1. The number of nitrogen functional groups attached to an aromatic ring is 2. The normalized spacial score (nSPS) is 8.18. The highest BCUT2D eigenvalue weighted by molar-refractivity contribution is 5.50. The Balaban J connectivity index is 0.000000292. The summed E-state index contributed by atoms with van der Waals surface area (Å²) in [5, 5.41) is 7.57. The minimum Gasteiger partial charge on any atom is -0.399 e. The van der Waals surface area contributed by atoms with Crippen LogP contribution in [0.15, 0.2) is 24.3 Å². The first-order chi connectivity index (χ1) is 5.20. The lowest BCUT2D eigenvalue weighted by Crippen LogP contribution is -1.87. The highest BCUT2D eigenvalue weighted by atomic mass is 16.2. The summed E-state index contributed by atoms with van der Waals surface area (Å²) in [4.78, 5) is 0. The van der Waals surface area contributed by atoms with Crippen molar-refractivity contribution in [3.8, 4) is 0 Å². The summed E-state index contributed by atoms with van der Waals surface area (Å²) in [5.41, 5.74) is 12.2. The van der Waals surface area contributed by atoms with Crippen molar-refractivity contribution in [2.45, 2.75) is 6.92 Å². The van der Waals surface area contributed by atoms with Crippen LogP contribution in [0.4, 0.5) is 11.4 Å². The third-order valence-corrected chi connectivity index (χ3v) is 0.911. The fourth-order valence-corrected chi connectivity index (χ4v) is 0.559. The zero-order valence-electron chi connectivity index (χ0n) is 6.62. The van der Waals surface area contributed by atoms with Gasteiger partial charge < -0.3 is 16.6 Å². The first-order valence-corrected chi connectivity index (χ1v) is 3.42. The molecule has 0 saturated heterocycles. The Bertz CT molecular complexity index is 184. The van der Waals surface area contributed by atoms with Crippen molar-refractivity contribution in [3.63, 3.8) is 0 Å². The fourth-order valence-electron chi connectivity index (χ4n) is 0.559. The molecule has 1 aromatic rings. The van der Waals surface area contributed by atoms with Crippen LogP contribution in [0.3, 0.4) is 0 Å². The molecule has 0 unspecified atom stereocenters. The molecule has 1 aromatic carbocycles. The van der Waals surface area contributed by atoms with Crippen molar-refractivity contribution in [2.75, 3.05) is 18.1 Å². The Morgan fingerprint density at radius 2 is 1.64 bits per heavy atom. The van der Waals surface area contributed by atoms with Crippen molar-refractivity contribution < 1.29 is 5.11 Å². The zero-order chi connectivity index (χ0) is 8.69. The molecule has 3 nitrogen and oxygen atoms in total. The van der Waals surface area contributed by atoms with E-state index in [0.717, 1.165) is 0 Å². The number of nitrogens with two attached hydrogens (primary N) is 2. The van der Waals surface area contributed by atoms with Gasteiger partial charge in [-0.15, -0.1) is 0 Å². The predicted molar refractivity (Wildman–Crippen MR) is 48.0 cm³/mol. The number of rotatable bonds is 0. The number of hydrogen-bond donors (Lipinski definition) is 3. The Labute approximate surface area is 66.6 Å². The molecule has 5 N–H and O–H groups in total. The average Bonchev–Trinajstić information content (AvgIpc) is 1.88. The van der Waals surface area contributed by atoms with Crippen LogP contribution in [0.25, 0.3) is 0 Å². The van der Waals surface area contributed by atoms with E-state index < -0.39 is 0 Å². The van der Waals surface area contributed by atoms with Crippen molar-refractivity contribution in [1.82, 2.24) is 0 Å². The number of hydrogen-bond acceptors (Lipinski definition) is 3. The summed E-state index contributed by atoms with van der Waals surface area (Å²) in [6, 6.07) is 7.15. The smallest absolute Gasteiger partial charge is 0.0402 e. The lowest BCUT2D eigenvalue weighted by Gasteiger charge is -1.91. The molecule has 0 aromatic heterocycles. The monoisotopic (exact) mass is 154 g/mol. The Hall–Kier alpha value is -1.22. The maximum absolute atomic E-state index is 7.57. The summed E-state index contributed by atoms with van der Waals surface area (Å²) >= 11 is 0. The second kappa shape index (κ2) is 5.56. The number of aliphatic hydroxyl groups excluding tert-OH is 1. The molecule has 1 rings (SSSR count). The van der Waals surface area contributed by atoms with Gasteiger partial charge in [0.1, 0.15) is 0 Å². The van der Waals surface area contributed by atoms with E-state index >= 15 is 0 Å². The van der Waals surface area contributed by atoms with E-state index in [1.165, 1.54) is 0 Å². The van der Waals surface area contributed by atoms with E-state index in [1.54, 1.807) is 25.1 Å². The van der Waals surface area contributed by atoms with Crippen LogP contribution in [-0.4, -0.2) is 11.7 Å². The molecule has 0 amide bonds. The minimum absolute atomic E-state index is 0.250. The Morgan fingerprint density at radius 3 is 1.82 bits per heavy atom. The Kier molecular flexibility index (Phi) is 4.94. The molecule has 11 heavy (non-hydrogen) atoms. The van der Waals surface area contributed by atoms with Gasteiger partial charge in [0.15, 0.2) is 0 Å². The van der Waals surface area contributed by atoms with E-state index in [0.29, 0.717) is 11.4 Å². The maximum Gasteiger partial charge on any atom is 0.0402 e. The van der Waals surface area contributed by atoms with Gasteiger partial charge in [0, 0.05) is 18.0 Å². The van der Waals surface area contributed by atoms with Crippen LogP contribution in [0.2, 0.25) is 0 Å². The second-order valence-electron chi connectivity index (χ2n) is 1.99. The first-order valence-electron chi connectivity index (χ1n) is 3.42. The quantitative estimate of drug-likeness (QED) is 0.485. The molecule has 3 heteroatoms. The van der Waals surface area contributed by atoms with Crippen molar-refractivity contribution in [2.24, 2.45) is 0 Å². The van der Waals surface area contributed by atoms with Gasteiger partial charge in [-0.25, -0.2) is 0 Å². The molecule has 0 aliphatic carbocycles. The summed E-state index contributed by atoms with van der Waals surface area (Å²) in [7, 11) is 0. The third kappa shape index (κ3) is 5.24. The average molecular weight is 154 g/mol. The molecule has 0 saturated carbocycles. The summed E-state index contributed by atoms with van der Waals surface area (Å²) in [5.74, 6) is 0. The third-order valence-electron chi connectivity index (χ3n) is 0.911. The first kappa shape index (κ1) is 9.78. The topological polar surface area (TPSA) is 72.3 Å². The maximum atomic E-state index is 7.57. The largest absolute Gasteiger partial charge is 0.399 e. The van der Waals surface area contributed by atoms with Gasteiger partial charge in [0.05, 0.1) is 0 Å². The molecular formula is C8H14N2O. The van der Waals surface area contributed by atoms with Gasteiger partial charge in [-0.3, -0.25) is 0 Å². The van der Waals surface area contributed by atoms with Crippen molar-refractivity contribution in [3.05, 3.63) is 24.3 Å². The van der Waals surface area contributed by atoms with Gasteiger partial charge in [-0.05, 0) is 25.1 Å². The van der Waals surface area contributed by atoms with Gasteiger partial charge in [-0.1, -0.05) is 6.07 Å². The van der Waals surface area contributed by atoms with Gasteiger partial charge in [0.2, 0.25) is 0 Å². The Morgan fingerprint density at radius 1 is 1.27 bits per heavy atom. The lowest BCUT2D eigenvalue weighted by molar-refractivity contribution is 0.318. The predicted octanol–water partition coefficient (Wildman–Crippen LogP) is 0.850. The molecule has 0 atom stereocenters. The fraction of sp³-hybridized carbons (Fsp3) is 0.250. The molecule has 0 aliphatic rings. The van der Waals surface area contributed by atoms with Crippen LogP contribution in [0, 0.1) is 0 Å². The molecule has 62 valence electrons. The van der Waals surface area contributed by atoms with E-state index in [-0.39, 0.29) is 6.61 Å². The summed E-state index contributed by atoms with van der Waals surface area (Å²) in [6.45, 7) is 1.93. The van der Waals surface area contributed by atoms with E-state index in [1.807, 2.05) is 6.07 Å². The van der Waals surface area contributed by atoms with Crippen LogP contribution >= 0.6 is 0 Å². The molecule has 0 fully saturated rings. The highest BCUT2D eigenvalue weighted by Gasteiger charge is 1.81. The molecule has 0 radical (unpaired) electrons. The summed E-state index contributed by atoms with van der Waals surface area (Å²) < 4.78 is 0. The molecule has 0 bridgehead atoms. The van der Waals surface area contributed by atoms with Gasteiger partial charge in [-0.2, -0.15) is 0 Å². The van der Waals surface area contributed by atoms with Crippen LogP contribution < -0.4 is 11.5 Å². The standard InChI is InChI=1S/C6H8N2.C2H6O/c7-5-2-1-3-6(8)4-5;1-2-3/h1-4H,7-8H2;3H,2H2,1H3. The van der Waals surface area contributed by atoms with Crippen molar-refractivity contribution in [1.29, 1.82) is 0 Å². The number of anilines is 2. The highest BCUT2D eigenvalue weighted by Crippen LogP contribution is 2.06. The molecule has 0 spiro atoms. The van der Waals surface area contributed by atoms with Crippen LogP contribution in [0.5, 0.6) is 0 Å². The lowest BCUT2D eigenvalue weighted by atomic mass is 10.3. The van der Waals surface area contributed by atoms with E-state index in [2.05, 4.69) is 0 Å². The summed E-state index contributed by atoms with van der Waals surface area (Å²) in [6.07, 6.45) is 0. The van der Waals surface area contributed by atoms with E-state index in [4.69, 9.17) is 16.6 Å². The van der Waals surface area contributed by atoms with Crippen LogP contribution in [-0.2, 0) is 0 Å². The molecule has 0 aliphatic heterocycles. The van der Waals surface area contributed by atoms with Gasteiger partial charge in [0.25, 0.3) is 0 Å². The second-order valence-corrected chi connectivity index (χ2v) is 1.99. The van der Waals surface area contributed by atoms with Crippen molar-refractivity contribution >= 4 is 11.4 Å². The molecular weight excluding hydrogens is 140 g/mol. The number of aliphatic hydroxyl groups is 1. The molecule has 0 heterocycles. The zero-order valence-corrected chi connectivity index (χ0v) is 6.62.